The molecule has 1 amide bonds. The van der Waals surface area contributed by atoms with Gasteiger partial charge in [-0.15, -0.1) is 11.3 Å². The summed E-state index contributed by atoms with van der Waals surface area (Å²) >= 11 is 1.55. The zero-order valence-corrected chi connectivity index (χ0v) is 17.0. The van der Waals surface area contributed by atoms with Gasteiger partial charge in [0.1, 0.15) is 0 Å². The Kier molecular flexibility index (Phi) is 6.68. The van der Waals surface area contributed by atoms with Gasteiger partial charge < -0.3 is 9.47 Å². The van der Waals surface area contributed by atoms with E-state index in [2.05, 4.69) is 22.1 Å². The largest absolute Gasteiger partial charge is 0.493 e. The minimum Gasteiger partial charge on any atom is -0.493 e. The highest BCUT2D eigenvalue weighted by atomic mass is 32.1. The van der Waals surface area contributed by atoms with Crippen molar-refractivity contribution in [1.29, 1.82) is 0 Å². The van der Waals surface area contributed by atoms with E-state index in [4.69, 9.17) is 9.47 Å². The van der Waals surface area contributed by atoms with Crippen molar-refractivity contribution < 1.29 is 14.3 Å². The number of nitrogens with one attached hydrogen (secondary N) is 1. The van der Waals surface area contributed by atoms with Crippen LogP contribution >= 0.6 is 11.3 Å². The molecule has 27 heavy (non-hydrogen) atoms. The van der Waals surface area contributed by atoms with Gasteiger partial charge in [-0.05, 0) is 50.9 Å². The van der Waals surface area contributed by atoms with Gasteiger partial charge in [-0.1, -0.05) is 19.1 Å². The fraction of sp³-hybridized carbons (Fsp3) is 0.500. The van der Waals surface area contributed by atoms with E-state index >= 15 is 0 Å². The van der Waals surface area contributed by atoms with Gasteiger partial charge >= 0.3 is 0 Å². The van der Waals surface area contributed by atoms with E-state index in [1.165, 1.54) is 17.7 Å². The molecule has 3 rings (SSSR count). The molecule has 0 aliphatic carbocycles. The predicted octanol–water partition coefficient (Wildman–Crippen LogP) is 3.71. The summed E-state index contributed by atoms with van der Waals surface area (Å²) in [7, 11) is 1.57. The second kappa shape index (κ2) is 9.19. The van der Waals surface area contributed by atoms with Crippen LogP contribution in [0.5, 0.6) is 11.5 Å². The summed E-state index contributed by atoms with van der Waals surface area (Å²) < 4.78 is 10.8. The Labute approximate surface area is 164 Å². The number of aryl methyl sites for hydroxylation is 1. The number of benzene rings is 1. The first-order valence-electron chi connectivity index (χ1n) is 9.29. The number of nitrogens with zero attached hydrogens (tertiary/aromatic N) is 2. The van der Waals surface area contributed by atoms with Crippen LogP contribution in [0.3, 0.4) is 0 Å². The van der Waals surface area contributed by atoms with Crippen LogP contribution in [0.2, 0.25) is 0 Å². The summed E-state index contributed by atoms with van der Waals surface area (Å²) in [5.74, 6) is 1.74. The van der Waals surface area contributed by atoms with Gasteiger partial charge in [0, 0.05) is 11.4 Å². The van der Waals surface area contributed by atoms with E-state index in [1.54, 1.807) is 30.6 Å². The number of carbonyl (C=O) groups excluding carboxylic acids is 1. The van der Waals surface area contributed by atoms with Crippen molar-refractivity contribution in [3.63, 3.8) is 0 Å². The minimum atomic E-state index is -0.229. The molecule has 0 spiro atoms. The SMILES string of the molecule is COc1ccccc1OCC(=O)Nc1nc(C)c(CN2CCC(C)CC2)s1. The number of methoxy groups -OCH3 is 1. The van der Waals surface area contributed by atoms with Crippen LogP contribution in [0, 0.1) is 12.8 Å². The Morgan fingerprint density at radius 1 is 1.30 bits per heavy atom. The summed E-state index contributed by atoms with van der Waals surface area (Å²) in [6.07, 6.45) is 2.50. The van der Waals surface area contributed by atoms with Gasteiger partial charge in [0.15, 0.2) is 23.2 Å². The van der Waals surface area contributed by atoms with Gasteiger partial charge in [-0.3, -0.25) is 15.0 Å². The zero-order chi connectivity index (χ0) is 19.2. The molecule has 7 heteroatoms. The molecule has 1 aromatic heterocycles. The summed E-state index contributed by atoms with van der Waals surface area (Å²) in [5.41, 5.74) is 0.986. The summed E-state index contributed by atoms with van der Waals surface area (Å²) in [6, 6.07) is 7.27. The number of hydrogen-bond acceptors (Lipinski definition) is 6. The molecule has 1 N–H and O–H groups in total. The third-order valence-electron chi connectivity index (χ3n) is 4.81. The normalized spacial score (nSPS) is 15.5. The molecule has 1 saturated heterocycles. The third kappa shape index (κ3) is 5.43. The molecule has 0 saturated carbocycles. The molecule has 0 unspecified atom stereocenters. The second-order valence-corrected chi connectivity index (χ2v) is 8.06. The van der Waals surface area contributed by atoms with Crippen LogP contribution in [0.25, 0.3) is 0 Å². The van der Waals surface area contributed by atoms with Gasteiger partial charge in [0.2, 0.25) is 0 Å². The molecule has 0 radical (unpaired) electrons. The molecule has 1 fully saturated rings. The molecule has 6 nitrogen and oxygen atoms in total. The zero-order valence-electron chi connectivity index (χ0n) is 16.2. The highest BCUT2D eigenvalue weighted by molar-refractivity contribution is 7.15. The van der Waals surface area contributed by atoms with Crippen LogP contribution in [-0.2, 0) is 11.3 Å². The van der Waals surface area contributed by atoms with Crippen LogP contribution < -0.4 is 14.8 Å². The number of hydrogen-bond donors (Lipinski definition) is 1. The van der Waals surface area contributed by atoms with Crippen molar-refractivity contribution in [1.82, 2.24) is 9.88 Å². The fourth-order valence-electron chi connectivity index (χ4n) is 3.09. The summed E-state index contributed by atoms with van der Waals surface area (Å²) in [4.78, 5) is 20.4. The molecule has 2 aromatic rings. The lowest BCUT2D eigenvalue weighted by molar-refractivity contribution is -0.118. The monoisotopic (exact) mass is 389 g/mol. The van der Waals surface area contributed by atoms with E-state index < -0.39 is 0 Å². The van der Waals surface area contributed by atoms with E-state index in [-0.39, 0.29) is 12.5 Å². The molecule has 1 aliphatic rings. The Morgan fingerprint density at radius 2 is 2.00 bits per heavy atom. The second-order valence-electron chi connectivity index (χ2n) is 6.97. The smallest absolute Gasteiger partial charge is 0.264 e. The maximum Gasteiger partial charge on any atom is 0.264 e. The van der Waals surface area contributed by atoms with Crippen LogP contribution in [0.15, 0.2) is 24.3 Å². The van der Waals surface area contributed by atoms with Crippen molar-refractivity contribution in [2.45, 2.75) is 33.2 Å². The standard InChI is InChI=1S/C20H27N3O3S/c1-14-8-10-23(11-9-14)12-18-15(2)21-20(27-18)22-19(24)13-26-17-7-5-4-6-16(17)25-3/h4-7,14H,8-13H2,1-3H3,(H,21,22,24). The van der Waals surface area contributed by atoms with Crippen LogP contribution in [0.4, 0.5) is 5.13 Å². The van der Waals surface area contributed by atoms with Crippen LogP contribution in [0.1, 0.15) is 30.3 Å². The quantitative estimate of drug-likeness (QED) is 0.782. The number of piperidine rings is 1. The summed E-state index contributed by atoms with van der Waals surface area (Å²) in [5, 5.41) is 3.47. The summed E-state index contributed by atoms with van der Waals surface area (Å²) in [6.45, 7) is 7.40. The van der Waals surface area contributed by atoms with Crippen molar-refractivity contribution >= 4 is 22.4 Å². The van der Waals surface area contributed by atoms with Gasteiger partial charge in [0.25, 0.3) is 5.91 Å². The predicted molar refractivity (Wildman–Crippen MR) is 108 cm³/mol. The number of likely N-dealkylation sites (tertiary alicyclic amines) is 1. The Bertz CT molecular complexity index is 770. The minimum absolute atomic E-state index is 0.0850. The number of rotatable bonds is 7. The van der Waals surface area contributed by atoms with Gasteiger partial charge in [-0.25, -0.2) is 4.98 Å². The van der Waals surface area contributed by atoms with Crippen molar-refractivity contribution in [2.75, 3.05) is 32.1 Å². The molecule has 1 aliphatic heterocycles. The lowest BCUT2D eigenvalue weighted by atomic mass is 9.99. The van der Waals surface area contributed by atoms with E-state index in [0.717, 1.165) is 31.2 Å². The van der Waals surface area contributed by atoms with Crippen LogP contribution in [-0.4, -0.2) is 42.6 Å². The van der Waals surface area contributed by atoms with Crippen molar-refractivity contribution in [3.05, 3.63) is 34.8 Å². The molecule has 146 valence electrons. The maximum atomic E-state index is 12.2. The van der Waals surface area contributed by atoms with Crippen molar-refractivity contribution in [2.24, 2.45) is 5.92 Å². The molecule has 0 bridgehead atoms. The Balaban J connectivity index is 1.52. The topological polar surface area (TPSA) is 63.7 Å². The molecule has 0 atom stereocenters. The molecule has 2 heterocycles. The first-order chi connectivity index (χ1) is 13.0. The number of ether oxygens (including phenoxy) is 2. The van der Waals surface area contributed by atoms with E-state index in [9.17, 15) is 4.79 Å². The maximum absolute atomic E-state index is 12.2. The number of carbonyl (C=O) groups is 1. The number of amides is 1. The van der Waals surface area contributed by atoms with E-state index in [0.29, 0.717) is 16.6 Å². The number of para-hydroxylation sites is 2. The number of aromatic nitrogens is 1. The first-order valence-corrected chi connectivity index (χ1v) is 10.1. The average molecular weight is 390 g/mol. The average Bonchev–Trinajstić information content (AvgIpc) is 3.01. The Hall–Kier alpha value is -2.12. The first kappa shape index (κ1) is 19.6. The lowest BCUT2D eigenvalue weighted by Crippen LogP contribution is -2.32. The fourth-order valence-corrected chi connectivity index (χ4v) is 4.11. The van der Waals surface area contributed by atoms with Gasteiger partial charge in [-0.2, -0.15) is 0 Å². The highest BCUT2D eigenvalue weighted by Crippen LogP contribution is 2.27. The molecular weight excluding hydrogens is 362 g/mol. The number of anilines is 1. The number of thiazole rings is 1. The van der Waals surface area contributed by atoms with E-state index in [1.807, 2.05) is 19.1 Å². The van der Waals surface area contributed by atoms with Crippen molar-refractivity contribution in [3.8, 4) is 11.5 Å². The molecular formula is C20H27N3O3S. The highest BCUT2D eigenvalue weighted by Gasteiger charge is 2.18. The third-order valence-corrected chi connectivity index (χ3v) is 5.87. The molecule has 1 aromatic carbocycles. The van der Waals surface area contributed by atoms with Gasteiger partial charge in [0.05, 0.1) is 12.8 Å². The lowest BCUT2D eigenvalue weighted by Gasteiger charge is -2.29. The Morgan fingerprint density at radius 3 is 2.70 bits per heavy atom.